The second kappa shape index (κ2) is 11.8. The van der Waals surface area contributed by atoms with Gasteiger partial charge in [-0.25, -0.2) is 0 Å². The third-order valence-electron chi connectivity index (χ3n) is 3.08. The molecule has 0 atom stereocenters. The molecule has 2 heteroatoms. The Kier molecular flexibility index (Phi) is 9.79. The van der Waals surface area contributed by atoms with Gasteiger partial charge in [-0.15, -0.1) is 0 Å². The van der Waals surface area contributed by atoms with Crippen LogP contribution in [0.2, 0.25) is 0 Å². The number of nitrogens with one attached hydrogen (secondary N) is 1. The molecule has 0 heterocycles. The zero-order valence-electron chi connectivity index (χ0n) is 12.1. The smallest absolute Gasteiger partial charge is 0.0996 e. The van der Waals surface area contributed by atoms with E-state index in [0.717, 1.165) is 6.42 Å². The van der Waals surface area contributed by atoms with Crippen LogP contribution in [0.15, 0.2) is 42.6 Å². The minimum atomic E-state index is 0.599. The van der Waals surface area contributed by atoms with Crippen molar-refractivity contribution in [3.05, 3.63) is 48.2 Å². The van der Waals surface area contributed by atoms with E-state index in [1.807, 2.05) is 24.4 Å². The van der Waals surface area contributed by atoms with Gasteiger partial charge in [0.05, 0.1) is 6.61 Å². The topological polar surface area (TPSA) is 21.3 Å². The number of hydroxylamine groups is 1. The summed E-state index contributed by atoms with van der Waals surface area (Å²) in [5.41, 5.74) is 4.04. The minimum absolute atomic E-state index is 0.599. The van der Waals surface area contributed by atoms with Gasteiger partial charge in [0.2, 0.25) is 0 Å². The van der Waals surface area contributed by atoms with Crippen LogP contribution in [0.3, 0.4) is 0 Å². The number of hydrogen-bond donors (Lipinski definition) is 1. The van der Waals surface area contributed by atoms with Crippen molar-refractivity contribution in [1.82, 2.24) is 5.48 Å². The molecule has 19 heavy (non-hydrogen) atoms. The molecule has 1 aromatic rings. The fourth-order valence-electron chi connectivity index (χ4n) is 1.92. The van der Waals surface area contributed by atoms with Gasteiger partial charge < -0.3 is 0 Å². The van der Waals surface area contributed by atoms with Gasteiger partial charge in [-0.3, -0.25) is 10.3 Å². The van der Waals surface area contributed by atoms with E-state index < -0.39 is 0 Å². The summed E-state index contributed by atoms with van der Waals surface area (Å²) in [6, 6.07) is 10.2. The molecule has 0 spiro atoms. The van der Waals surface area contributed by atoms with Crippen molar-refractivity contribution in [1.29, 1.82) is 0 Å². The molecule has 0 saturated carbocycles. The molecule has 0 unspecified atom stereocenters. The Morgan fingerprint density at radius 2 is 1.74 bits per heavy atom. The normalized spacial score (nSPS) is 11.0. The summed E-state index contributed by atoms with van der Waals surface area (Å²) in [5, 5.41) is 0. The third-order valence-corrected chi connectivity index (χ3v) is 3.08. The lowest BCUT2D eigenvalue weighted by molar-refractivity contribution is 0.0574. The first-order valence-electron chi connectivity index (χ1n) is 7.49. The molecule has 0 saturated heterocycles. The van der Waals surface area contributed by atoms with Crippen LogP contribution >= 0.6 is 0 Å². The fourth-order valence-corrected chi connectivity index (χ4v) is 1.92. The highest BCUT2D eigenvalue weighted by Crippen LogP contribution is 2.06. The first-order chi connectivity index (χ1) is 9.43. The maximum atomic E-state index is 5.34. The van der Waals surface area contributed by atoms with Gasteiger partial charge in [0.1, 0.15) is 0 Å². The number of hydrogen-bond acceptors (Lipinski definition) is 2. The lowest BCUT2D eigenvalue weighted by atomic mass is 10.1. The van der Waals surface area contributed by atoms with Crippen LogP contribution in [0.5, 0.6) is 0 Å². The summed E-state index contributed by atoms with van der Waals surface area (Å²) in [7, 11) is 0. The van der Waals surface area contributed by atoms with Crippen LogP contribution in [-0.2, 0) is 11.4 Å². The van der Waals surface area contributed by atoms with Crippen molar-refractivity contribution >= 4 is 0 Å². The Morgan fingerprint density at radius 1 is 1.00 bits per heavy atom. The van der Waals surface area contributed by atoms with Crippen LogP contribution in [0.1, 0.15) is 57.4 Å². The predicted octanol–water partition coefficient (Wildman–Crippen LogP) is 4.97. The first kappa shape index (κ1) is 15.8. The van der Waals surface area contributed by atoms with E-state index in [9.17, 15) is 0 Å². The molecule has 0 bridgehead atoms. The van der Waals surface area contributed by atoms with Gasteiger partial charge in [-0.2, -0.15) is 0 Å². The summed E-state index contributed by atoms with van der Waals surface area (Å²) in [5.74, 6) is 0. The highest BCUT2D eigenvalue weighted by atomic mass is 16.6. The van der Waals surface area contributed by atoms with Crippen molar-refractivity contribution in [2.75, 3.05) is 0 Å². The monoisotopic (exact) mass is 261 g/mol. The van der Waals surface area contributed by atoms with Crippen LogP contribution in [0, 0.1) is 0 Å². The van der Waals surface area contributed by atoms with Gasteiger partial charge in [-0.1, -0.05) is 75.4 Å². The Morgan fingerprint density at radius 3 is 2.53 bits per heavy atom. The van der Waals surface area contributed by atoms with Crippen molar-refractivity contribution in [2.24, 2.45) is 0 Å². The Labute approximate surface area is 117 Å². The van der Waals surface area contributed by atoms with Gasteiger partial charge in [-0.05, 0) is 18.4 Å². The molecule has 0 aromatic heterocycles. The van der Waals surface area contributed by atoms with Crippen LogP contribution in [-0.4, -0.2) is 0 Å². The standard InChI is InChI=1S/C17H27NO/c1-2-3-4-5-6-7-8-12-15-18-19-16-17-13-10-9-11-14-17/h9-15,18H,2-8,16H2,1H3. The van der Waals surface area contributed by atoms with Gasteiger partial charge in [0, 0.05) is 6.20 Å². The molecule has 1 N–H and O–H groups in total. The first-order valence-corrected chi connectivity index (χ1v) is 7.49. The maximum Gasteiger partial charge on any atom is 0.0996 e. The molecule has 0 radical (unpaired) electrons. The van der Waals surface area contributed by atoms with E-state index in [4.69, 9.17) is 4.84 Å². The second-order valence-electron chi connectivity index (χ2n) is 4.85. The van der Waals surface area contributed by atoms with E-state index in [-0.39, 0.29) is 0 Å². The van der Waals surface area contributed by atoms with Crippen molar-refractivity contribution in [3.8, 4) is 0 Å². The van der Waals surface area contributed by atoms with E-state index in [1.54, 1.807) is 0 Å². The summed E-state index contributed by atoms with van der Waals surface area (Å²) in [6.45, 7) is 2.85. The molecule has 0 aliphatic rings. The lowest BCUT2D eigenvalue weighted by Gasteiger charge is -2.02. The van der Waals surface area contributed by atoms with Crippen molar-refractivity contribution < 1.29 is 4.84 Å². The van der Waals surface area contributed by atoms with Gasteiger partial charge in [0.25, 0.3) is 0 Å². The van der Waals surface area contributed by atoms with Crippen LogP contribution in [0.25, 0.3) is 0 Å². The van der Waals surface area contributed by atoms with Gasteiger partial charge >= 0.3 is 0 Å². The number of allylic oxidation sites excluding steroid dienone is 1. The average molecular weight is 261 g/mol. The highest BCUT2D eigenvalue weighted by Gasteiger charge is 1.89. The molecule has 1 aromatic carbocycles. The Hall–Kier alpha value is -1.28. The number of benzene rings is 1. The lowest BCUT2D eigenvalue weighted by Crippen LogP contribution is -2.05. The molecule has 0 fully saturated rings. The molecule has 0 aliphatic carbocycles. The highest BCUT2D eigenvalue weighted by molar-refractivity contribution is 5.13. The summed E-state index contributed by atoms with van der Waals surface area (Å²) in [6.07, 6.45) is 13.3. The van der Waals surface area contributed by atoms with E-state index in [0.29, 0.717) is 6.61 Å². The zero-order chi connectivity index (χ0) is 13.6. The molecule has 1 rings (SSSR count). The third kappa shape index (κ3) is 9.32. The number of rotatable bonds is 11. The van der Waals surface area contributed by atoms with E-state index in [1.165, 1.54) is 44.1 Å². The van der Waals surface area contributed by atoms with Crippen LogP contribution < -0.4 is 5.48 Å². The number of unbranched alkanes of at least 4 members (excludes halogenated alkanes) is 6. The SMILES string of the molecule is CCCCCCCCC=CNOCc1ccccc1. The van der Waals surface area contributed by atoms with Crippen molar-refractivity contribution in [2.45, 2.75) is 58.5 Å². The average Bonchev–Trinajstić information content (AvgIpc) is 2.46. The summed E-state index contributed by atoms with van der Waals surface area (Å²) in [4.78, 5) is 5.34. The van der Waals surface area contributed by atoms with E-state index >= 15 is 0 Å². The molecule has 2 nitrogen and oxygen atoms in total. The van der Waals surface area contributed by atoms with Gasteiger partial charge in [0.15, 0.2) is 0 Å². The Balaban J connectivity index is 1.88. The molecule has 0 aliphatic heterocycles. The minimum Gasteiger partial charge on any atom is -0.274 e. The zero-order valence-corrected chi connectivity index (χ0v) is 12.1. The van der Waals surface area contributed by atoms with Crippen LogP contribution in [0.4, 0.5) is 0 Å². The Bertz CT molecular complexity index is 321. The largest absolute Gasteiger partial charge is 0.274 e. The molecular weight excluding hydrogens is 234 g/mol. The van der Waals surface area contributed by atoms with E-state index in [2.05, 4.69) is 30.6 Å². The molecule has 0 amide bonds. The molecular formula is C17H27NO. The fraction of sp³-hybridized carbons (Fsp3) is 0.529. The predicted molar refractivity (Wildman–Crippen MR) is 81.5 cm³/mol. The summed E-state index contributed by atoms with van der Waals surface area (Å²) >= 11 is 0. The summed E-state index contributed by atoms with van der Waals surface area (Å²) < 4.78 is 0. The quantitative estimate of drug-likeness (QED) is 0.448. The maximum absolute atomic E-state index is 5.34. The van der Waals surface area contributed by atoms with Crippen molar-refractivity contribution in [3.63, 3.8) is 0 Å². The second-order valence-corrected chi connectivity index (χ2v) is 4.85. The molecule has 106 valence electrons.